The molecule has 0 radical (unpaired) electrons. The van der Waals surface area contributed by atoms with Crippen LogP contribution in [0.4, 0.5) is 0 Å². The van der Waals surface area contributed by atoms with Crippen LogP contribution in [0.5, 0.6) is 5.75 Å². The third-order valence-corrected chi connectivity index (χ3v) is 6.36. The maximum Gasteiger partial charge on any atom is 0.119 e. The van der Waals surface area contributed by atoms with Gasteiger partial charge in [0.2, 0.25) is 0 Å². The standard InChI is InChI=1S/C27H39NO3/c1-3-5-16-27(29,24-12-14-25(15-13-24)31-19-6-4-2)26(23-10-8-7-9-11-23)22-28-17-20-30-21-18-28/h7-15,26,29H,3-6,16-22H2,1-2H3/t26-,27-/m1/s1. The van der Waals surface area contributed by atoms with E-state index in [4.69, 9.17) is 9.47 Å². The van der Waals surface area contributed by atoms with Gasteiger partial charge in [0.15, 0.2) is 0 Å². The lowest BCUT2D eigenvalue weighted by Crippen LogP contribution is -2.45. The van der Waals surface area contributed by atoms with E-state index in [2.05, 4.69) is 55.1 Å². The van der Waals surface area contributed by atoms with E-state index in [-0.39, 0.29) is 5.92 Å². The number of aliphatic hydroxyl groups is 1. The molecule has 1 saturated heterocycles. The Bertz CT molecular complexity index is 743. The van der Waals surface area contributed by atoms with E-state index in [9.17, 15) is 5.11 Å². The van der Waals surface area contributed by atoms with Crippen molar-refractivity contribution in [2.24, 2.45) is 0 Å². The van der Waals surface area contributed by atoms with Gasteiger partial charge in [-0.2, -0.15) is 0 Å². The molecule has 0 spiro atoms. The molecule has 1 aliphatic rings. The third-order valence-electron chi connectivity index (χ3n) is 6.36. The molecule has 2 atom stereocenters. The monoisotopic (exact) mass is 425 g/mol. The molecular weight excluding hydrogens is 386 g/mol. The molecule has 2 aromatic rings. The van der Waals surface area contributed by atoms with Gasteiger partial charge in [-0.3, -0.25) is 4.90 Å². The molecule has 0 unspecified atom stereocenters. The highest BCUT2D eigenvalue weighted by Gasteiger charge is 2.40. The van der Waals surface area contributed by atoms with E-state index < -0.39 is 5.60 Å². The first-order valence-electron chi connectivity index (χ1n) is 12.0. The number of hydrogen-bond acceptors (Lipinski definition) is 4. The number of benzene rings is 2. The molecule has 0 aromatic heterocycles. The topological polar surface area (TPSA) is 41.9 Å². The minimum atomic E-state index is -0.933. The predicted molar refractivity (Wildman–Crippen MR) is 127 cm³/mol. The molecule has 0 saturated carbocycles. The van der Waals surface area contributed by atoms with Crippen molar-refractivity contribution in [1.29, 1.82) is 0 Å². The van der Waals surface area contributed by atoms with Crippen LogP contribution in [0.15, 0.2) is 54.6 Å². The molecule has 0 bridgehead atoms. The summed E-state index contributed by atoms with van der Waals surface area (Å²) in [6.07, 6.45) is 4.95. The fraction of sp³-hybridized carbons (Fsp3) is 0.556. The van der Waals surface area contributed by atoms with Crippen LogP contribution in [0.1, 0.15) is 63.0 Å². The maximum absolute atomic E-state index is 12.3. The smallest absolute Gasteiger partial charge is 0.119 e. The first-order chi connectivity index (χ1) is 15.2. The van der Waals surface area contributed by atoms with Gasteiger partial charge in [-0.25, -0.2) is 0 Å². The second-order valence-electron chi connectivity index (χ2n) is 8.63. The zero-order valence-corrected chi connectivity index (χ0v) is 19.3. The van der Waals surface area contributed by atoms with Crippen LogP contribution in [0, 0.1) is 0 Å². The summed E-state index contributed by atoms with van der Waals surface area (Å²) >= 11 is 0. The summed E-state index contributed by atoms with van der Waals surface area (Å²) in [5, 5.41) is 12.3. The highest BCUT2D eigenvalue weighted by Crippen LogP contribution is 2.42. The van der Waals surface area contributed by atoms with Crippen molar-refractivity contribution in [3.63, 3.8) is 0 Å². The van der Waals surface area contributed by atoms with Crippen LogP contribution >= 0.6 is 0 Å². The van der Waals surface area contributed by atoms with Crippen molar-refractivity contribution >= 4 is 0 Å². The number of hydrogen-bond donors (Lipinski definition) is 1. The first kappa shape index (κ1) is 23.8. The lowest BCUT2D eigenvalue weighted by Gasteiger charge is -2.41. The molecule has 1 fully saturated rings. The van der Waals surface area contributed by atoms with Gasteiger partial charge in [-0.1, -0.05) is 75.6 Å². The molecule has 31 heavy (non-hydrogen) atoms. The Kier molecular flexibility index (Phi) is 9.38. The van der Waals surface area contributed by atoms with Crippen molar-refractivity contribution in [2.75, 3.05) is 39.5 Å². The van der Waals surface area contributed by atoms with Crippen molar-refractivity contribution < 1.29 is 14.6 Å². The van der Waals surface area contributed by atoms with Crippen LogP contribution in [-0.2, 0) is 10.3 Å². The van der Waals surface area contributed by atoms with Gasteiger partial charge in [-0.15, -0.1) is 0 Å². The quantitative estimate of drug-likeness (QED) is 0.465. The Morgan fingerprint density at radius 2 is 1.65 bits per heavy atom. The number of ether oxygens (including phenoxy) is 2. The molecule has 1 heterocycles. The Hall–Kier alpha value is -1.88. The van der Waals surface area contributed by atoms with E-state index in [0.29, 0.717) is 0 Å². The van der Waals surface area contributed by atoms with Crippen molar-refractivity contribution in [1.82, 2.24) is 4.90 Å². The van der Waals surface area contributed by atoms with E-state index in [0.717, 1.165) is 82.9 Å². The van der Waals surface area contributed by atoms with Crippen molar-refractivity contribution in [2.45, 2.75) is 57.5 Å². The summed E-state index contributed by atoms with van der Waals surface area (Å²) in [5.41, 5.74) is 1.24. The Morgan fingerprint density at radius 1 is 0.968 bits per heavy atom. The average molecular weight is 426 g/mol. The van der Waals surface area contributed by atoms with Crippen molar-refractivity contribution in [3.8, 4) is 5.75 Å². The van der Waals surface area contributed by atoms with Crippen LogP contribution in [0.2, 0.25) is 0 Å². The average Bonchev–Trinajstić information content (AvgIpc) is 2.83. The number of nitrogens with zero attached hydrogens (tertiary/aromatic N) is 1. The molecule has 4 heteroatoms. The molecule has 170 valence electrons. The molecule has 4 nitrogen and oxygen atoms in total. The summed E-state index contributed by atoms with van der Waals surface area (Å²) in [5.74, 6) is 0.865. The van der Waals surface area contributed by atoms with Gasteiger partial charge < -0.3 is 14.6 Å². The van der Waals surface area contributed by atoms with Gasteiger partial charge in [0, 0.05) is 25.6 Å². The Labute approximate surface area is 188 Å². The highest BCUT2D eigenvalue weighted by molar-refractivity contribution is 5.35. The largest absolute Gasteiger partial charge is 0.494 e. The van der Waals surface area contributed by atoms with Gasteiger partial charge in [0.1, 0.15) is 5.75 Å². The molecule has 1 N–H and O–H groups in total. The molecule has 2 aromatic carbocycles. The van der Waals surface area contributed by atoms with E-state index in [1.165, 1.54) is 5.56 Å². The van der Waals surface area contributed by atoms with E-state index in [1.807, 2.05) is 18.2 Å². The normalized spacial score (nSPS) is 17.8. The molecule has 0 amide bonds. The summed E-state index contributed by atoms with van der Waals surface area (Å²) in [6.45, 7) is 9.26. The fourth-order valence-electron chi connectivity index (χ4n) is 4.40. The minimum absolute atomic E-state index is 0.00907. The molecule has 3 rings (SSSR count). The van der Waals surface area contributed by atoms with Crippen LogP contribution in [0.3, 0.4) is 0 Å². The summed E-state index contributed by atoms with van der Waals surface area (Å²) in [4.78, 5) is 2.43. The molecule has 0 aliphatic carbocycles. The molecular formula is C27H39NO3. The number of unbranched alkanes of at least 4 members (excludes halogenated alkanes) is 2. The Morgan fingerprint density at radius 3 is 2.29 bits per heavy atom. The van der Waals surface area contributed by atoms with Gasteiger partial charge >= 0.3 is 0 Å². The second kappa shape index (κ2) is 12.2. The Balaban J connectivity index is 1.90. The van der Waals surface area contributed by atoms with Gasteiger partial charge in [0.05, 0.1) is 25.4 Å². The van der Waals surface area contributed by atoms with Crippen LogP contribution < -0.4 is 4.74 Å². The van der Waals surface area contributed by atoms with Crippen molar-refractivity contribution in [3.05, 3.63) is 65.7 Å². The zero-order chi connectivity index (χ0) is 21.9. The van der Waals surface area contributed by atoms with E-state index in [1.54, 1.807) is 0 Å². The summed E-state index contributed by atoms with van der Waals surface area (Å²) in [7, 11) is 0. The maximum atomic E-state index is 12.3. The third kappa shape index (κ3) is 6.55. The number of morpholine rings is 1. The first-order valence-corrected chi connectivity index (χ1v) is 12.0. The van der Waals surface area contributed by atoms with E-state index >= 15 is 0 Å². The zero-order valence-electron chi connectivity index (χ0n) is 19.3. The van der Waals surface area contributed by atoms with Gasteiger partial charge in [-0.05, 0) is 36.1 Å². The van der Waals surface area contributed by atoms with Crippen LogP contribution in [-0.4, -0.2) is 49.5 Å². The van der Waals surface area contributed by atoms with Crippen LogP contribution in [0.25, 0.3) is 0 Å². The SMILES string of the molecule is CCCCOc1ccc([C@](O)(CCCC)[C@H](CN2CCOCC2)c2ccccc2)cc1. The predicted octanol–water partition coefficient (Wildman–Crippen LogP) is 5.36. The molecule has 1 aliphatic heterocycles. The van der Waals surface area contributed by atoms with Gasteiger partial charge in [0.25, 0.3) is 0 Å². The fourth-order valence-corrected chi connectivity index (χ4v) is 4.40. The number of rotatable bonds is 12. The summed E-state index contributed by atoms with van der Waals surface area (Å²) < 4.78 is 11.4. The highest BCUT2D eigenvalue weighted by atomic mass is 16.5. The second-order valence-corrected chi connectivity index (χ2v) is 8.63. The summed E-state index contributed by atoms with van der Waals surface area (Å²) in [6, 6.07) is 18.7. The lowest BCUT2D eigenvalue weighted by molar-refractivity contribution is -0.0294. The minimum Gasteiger partial charge on any atom is -0.494 e. The lowest BCUT2D eigenvalue weighted by atomic mass is 9.74.